The Morgan fingerprint density at radius 3 is 2.44 bits per heavy atom. The number of piperazine rings is 1. The molecule has 1 aliphatic rings. The molecule has 1 aromatic heterocycles. The molecule has 1 saturated heterocycles. The Morgan fingerprint density at radius 1 is 1.04 bits per heavy atom. The number of aromatic amines is 1. The fourth-order valence-electron chi connectivity index (χ4n) is 3.44. The molecule has 0 radical (unpaired) electrons. The third-order valence-corrected chi connectivity index (χ3v) is 5.14. The van der Waals surface area contributed by atoms with Crippen LogP contribution in [0.25, 0.3) is 11.4 Å². The second kappa shape index (κ2) is 7.72. The van der Waals surface area contributed by atoms with Crippen molar-refractivity contribution in [3.05, 3.63) is 71.5 Å². The van der Waals surface area contributed by atoms with Crippen molar-refractivity contribution in [2.45, 2.75) is 13.5 Å². The van der Waals surface area contributed by atoms with Crippen LogP contribution in [0.5, 0.6) is 0 Å². The molecule has 6 heteroatoms. The first-order valence-electron chi connectivity index (χ1n) is 9.22. The standard InChI is InChI=1S/C21H23N5O/c1-16-4-2-3-5-19(16)14-25-10-12-26(13-11-25)21(27)18-8-6-17(7-9-18)20-22-15-23-24-20/h2-9,15H,10-14H2,1H3,(H,22,23,24). The summed E-state index contributed by atoms with van der Waals surface area (Å²) in [7, 11) is 0. The lowest BCUT2D eigenvalue weighted by Gasteiger charge is -2.35. The molecular weight excluding hydrogens is 338 g/mol. The first-order valence-corrected chi connectivity index (χ1v) is 9.22. The Morgan fingerprint density at radius 2 is 1.78 bits per heavy atom. The van der Waals surface area contributed by atoms with E-state index in [1.54, 1.807) is 0 Å². The van der Waals surface area contributed by atoms with Gasteiger partial charge in [-0.3, -0.25) is 14.8 Å². The van der Waals surface area contributed by atoms with Gasteiger partial charge in [-0.15, -0.1) is 0 Å². The molecule has 0 bridgehead atoms. The van der Waals surface area contributed by atoms with E-state index in [0.29, 0.717) is 11.4 Å². The largest absolute Gasteiger partial charge is 0.336 e. The van der Waals surface area contributed by atoms with Crippen LogP contribution in [-0.4, -0.2) is 57.1 Å². The SMILES string of the molecule is Cc1ccccc1CN1CCN(C(=O)c2ccc(-c3ncn[nH]3)cc2)CC1. The van der Waals surface area contributed by atoms with Crippen LogP contribution in [0.3, 0.4) is 0 Å². The van der Waals surface area contributed by atoms with Gasteiger partial charge in [0, 0.05) is 43.9 Å². The molecule has 0 unspecified atom stereocenters. The van der Waals surface area contributed by atoms with E-state index in [1.807, 2.05) is 29.2 Å². The molecule has 138 valence electrons. The highest BCUT2D eigenvalue weighted by Gasteiger charge is 2.22. The van der Waals surface area contributed by atoms with Crippen LogP contribution in [0.15, 0.2) is 54.9 Å². The summed E-state index contributed by atoms with van der Waals surface area (Å²) in [5.74, 6) is 0.800. The van der Waals surface area contributed by atoms with Crippen LogP contribution in [0.4, 0.5) is 0 Å². The van der Waals surface area contributed by atoms with Crippen molar-refractivity contribution in [1.82, 2.24) is 25.0 Å². The summed E-state index contributed by atoms with van der Waals surface area (Å²) in [6.45, 7) is 6.41. The zero-order valence-electron chi connectivity index (χ0n) is 15.4. The van der Waals surface area contributed by atoms with Gasteiger partial charge in [0.1, 0.15) is 6.33 Å². The molecule has 3 aromatic rings. The Bertz CT molecular complexity index is 897. The maximum absolute atomic E-state index is 12.8. The predicted molar refractivity (Wildman–Crippen MR) is 104 cm³/mol. The van der Waals surface area contributed by atoms with Gasteiger partial charge >= 0.3 is 0 Å². The van der Waals surface area contributed by atoms with Gasteiger partial charge in [-0.1, -0.05) is 36.4 Å². The maximum atomic E-state index is 12.8. The summed E-state index contributed by atoms with van der Waals surface area (Å²) in [5.41, 5.74) is 4.32. The number of hydrogen-bond acceptors (Lipinski definition) is 4. The van der Waals surface area contributed by atoms with Gasteiger partial charge in [-0.25, -0.2) is 4.98 Å². The van der Waals surface area contributed by atoms with Crippen LogP contribution in [0, 0.1) is 6.92 Å². The van der Waals surface area contributed by atoms with Crippen molar-refractivity contribution in [3.63, 3.8) is 0 Å². The number of rotatable bonds is 4. The van der Waals surface area contributed by atoms with Gasteiger partial charge in [0.25, 0.3) is 5.91 Å². The van der Waals surface area contributed by atoms with Crippen LogP contribution in [0.1, 0.15) is 21.5 Å². The first kappa shape index (κ1) is 17.4. The van der Waals surface area contributed by atoms with Crippen molar-refractivity contribution in [2.24, 2.45) is 0 Å². The van der Waals surface area contributed by atoms with Crippen molar-refractivity contribution >= 4 is 5.91 Å². The summed E-state index contributed by atoms with van der Waals surface area (Å²) < 4.78 is 0. The highest BCUT2D eigenvalue weighted by atomic mass is 16.2. The highest BCUT2D eigenvalue weighted by Crippen LogP contribution is 2.17. The van der Waals surface area contributed by atoms with Crippen molar-refractivity contribution < 1.29 is 4.79 Å². The van der Waals surface area contributed by atoms with E-state index in [9.17, 15) is 4.79 Å². The molecule has 0 aliphatic carbocycles. The first-order chi connectivity index (χ1) is 13.2. The zero-order chi connectivity index (χ0) is 18.6. The maximum Gasteiger partial charge on any atom is 0.253 e. The number of amides is 1. The van der Waals surface area contributed by atoms with E-state index < -0.39 is 0 Å². The Balaban J connectivity index is 1.35. The molecule has 0 saturated carbocycles. The number of nitrogens with zero attached hydrogens (tertiary/aromatic N) is 4. The lowest BCUT2D eigenvalue weighted by Crippen LogP contribution is -2.48. The van der Waals surface area contributed by atoms with Gasteiger partial charge in [-0.05, 0) is 30.2 Å². The third kappa shape index (κ3) is 3.90. The molecule has 4 rings (SSSR count). The molecule has 2 heterocycles. The second-order valence-corrected chi connectivity index (χ2v) is 6.91. The second-order valence-electron chi connectivity index (χ2n) is 6.91. The number of carbonyl (C=O) groups excluding carboxylic acids is 1. The average Bonchev–Trinajstić information content (AvgIpc) is 3.25. The molecule has 1 N–H and O–H groups in total. The summed E-state index contributed by atoms with van der Waals surface area (Å²) in [5, 5.41) is 6.69. The van der Waals surface area contributed by atoms with Gasteiger partial charge in [0.05, 0.1) is 0 Å². The highest BCUT2D eigenvalue weighted by molar-refractivity contribution is 5.94. The molecule has 0 atom stereocenters. The third-order valence-electron chi connectivity index (χ3n) is 5.14. The lowest BCUT2D eigenvalue weighted by atomic mass is 10.1. The summed E-state index contributed by atoms with van der Waals surface area (Å²) >= 11 is 0. The molecule has 1 aliphatic heterocycles. The molecule has 6 nitrogen and oxygen atoms in total. The summed E-state index contributed by atoms with van der Waals surface area (Å²) in [6.07, 6.45) is 1.48. The van der Waals surface area contributed by atoms with Gasteiger partial charge in [0.2, 0.25) is 0 Å². The molecule has 27 heavy (non-hydrogen) atoms. The number of carbonyl (C=O) groups is 1. The topological polar surface area (TPSA) is 65.1 Å². The monoisotopic (exact) mass is 361 g/mol. The quantitative estimate of drug-likeness (QED) is 0.776. The fraction of sp³-hybridized carbons (Fsp3) is 0.286. The van der Waals surface area contributed by atoms with E-state index in [0.717, 1.165) is 38.3 Å². The van der Waals surface area contributed by atoms with Crippen LogP contribution < -0.4 is 0 Å². The van der Waals surface area contributed by atoms with E-state index >= 15 is 0 Å². The Labute approximate surface area is 158 Å². The fourth-order valence-corrected chi connectivity index (χ4v) is 3.44. The van der Waals surface area contributed by atoms with Crippen LogP contribution in [-0.2, 0) is 6.54 Å². The number of H-pyrrole nitrogens is 1. The smallest absolute Gasteiger partial charge is 0.253 e. The van der Waals surface area contributed by atoms with Crippen LogP contribution >= 0.6 is 0 Å². The number of aromatic nitrogens is 3. The molecule has 1 amide bonds. The Hall–Kier alpha value is -2.99. The normalized spacial score (nSPS) is 15.1. The van der Waals surface area contributed by atoms with Crippen molar-refractivity contribution in [2.75, 3.05) is 26.2 Å². The minimum atomic E-state index is 0.0923. The Kier molecular flexibility index (Phi) is 4.98. The lowest BCUT2D eigenvalue weighted by molar-refractivity contribution is 0.0628. The molecule has 1 fully saturated rings. The van der Waals surface area contributed by atoms with Gasteiger partial charge in [-0.2, -0.15) is 5.10 Å². The van der Waals surface area contributed by atoms with Crippen molar-refractivity contribution in [1.29, 1.82) is 0 Å². The minimum Gasteiger partial charge on any atom is -0.336 e. The zero-order valence-corrected chi connectivity index (χ0v) is 15.4. The molecule has 0 spiro atoms. The minimum absolute atomic E-state index is 0.0923. The van der Waals surface area contributed by atoms with Gasteiger partial charge < -0.3 is 4.90 Å². The van der Waals surface area contributed by atoms with Gasteiger partial charge in [0.15, 0.2) is 5.82 Å². The molecule has 2 aromatic carbocycles. The average molecular weight is 361 g/mol. The predicted octanol–water partition coefficient (Wildman–Crippen LogP) is 2.74. The van der Waals surface area contributed by atoms with E-state index in [2.05, 4.69) is 51.3 Å². The number of aryl methyl sites for hydroxylation is 1. The number of benzene rings is 2. The van der Waals surface area contributed by atoms with Crippen LogP contribution in [0.2, 0.25) is 0 Å². The van der Waals surface area contributed by atoms with E-state index in [-0.39, 0.29) is 5.91 Å². The number of nitrogens with one attached hydrogen (secondary N) is 1. The summed E-state index contributed by atoms with van der Waals surface area (Å²) in [6, 6.07) is 16.0. The van der Waals surface area contributed by atoms with Crippen molar-refractivity contribution in [3.8, 4) is 11.4 Å². The van der Waals surface area contributed by atoms with E-state index in [4.69, 9.17) is 0 Å². The van der Waals surface area contributed by atoms with E-state index in [1.165, 1.54) is 17.5 Å². The number of hydrogen-bond donors (Lipinski definition) is 1. The summed E-state index contributed by atoms with van der Waals surface area (Å²) in [4.78, 5) is 21.3. The molecular formula is C21H23N5O.